The van der Waals surface area contributed by atoms with Crippen LogP contribution in [0.4, 0.5) is 20.6 Å². The van der Waals surface area contributed by atoms with Crippen LogP contribution in [-0.4, -0.2) is 32.2 Å². The normalized spacial score (nSPS) is 10.1. The average molecular weight is 331 g/mol. The highest BCUT2D eigenvalue weighted by atomic mass is 19.1. The SMILES string of the molecule is COCCNC(=O)Nc1cccc(C(=O)Nc2cccc(F)c2)c1. The number of hydrogen-bond acceptors (Lipinski definition) is 3. The molecule has 0 radical (unpaired) electrons. The summed E-state index contributed by atoms with van der Waals surface area (Å²) in [6.07, 6.45) is 0. The lowest BCUT2D eigenvalue weighted by atomic mass is 10.2. The third kappa shape index (κ3) is 5.36. The number of hydrogen-bond donors (Lipinski definition) is 3. The molecule has 0 aliphatic carbocycles. The van der Waals surface area contributed by atoms with E-state index in [1.54, 1.807) is 31.4 Å². The van der Waals surface area contributed by atoms with E-state index in [0.29, 0.717) is 30.1 Å². The smallest absolute Gasteiger partial charge is 0.319 e. The molecule has 2 aromatic carbocycles. The molecule has 0 heterocycles. The third-order valence-corrected chi connectivity index (χ3v) is 3.06. The van der Waals surface area contributed by atoms with Gasteiger partial charge >= 0.3 is 6.03 Å². The van der Waals surface area contributed by atoms with Gasteiger partial charge in [-0.05, 0) is 36.4 Å². The van der Waals surface area contributed by atoms with Gasteiger partial charge in [0.25, 0.3) is 5.91 Å². The Balaban J connectivity index is 1.98. The van der Waals surface area contributed by atoms with E-state index in [0.717, 1.165) is 0 Å². The van der Waals surface area contributed by atoms with Crippen molar-refractivity contribution < 1.29 is 18.7 Å². The molecule has 3 amide bonds. The fourth-order valence-electron chi connectivity index (χ4n) is 1.95. The molecular formula is C17H18FN3O3. The van der Waals surface area contributed by atoms with E-state index in [9.17, 15) is 14.0 Å². The van der Waals surface area contributed by atoms with Crippen molar-refractivity contribution in [3.05, 3.63) is 59.9 Å². The minimum Gasteiger partial charge on any atom is -0.383 e. The van der Waals surface area contributed by atoms with Gasteiger partial charge in [-0.25, -0.2) is 9.18 Å². The number of carbonyl (C=O) groups excluding carboxylic acids is 2. The van der Waals surface area contributed by atoms with Crippen LogP contribution in [0.5, 0.6) is 0 Å². The highest BCUT2D eigenvalue weighted by Gasteiger charge is 2.08. The Kier molecular flexibility index (Phi) is 6.27. The maximum absolute atomic E-state index is 13.1. The molecular weight excluding hydrogens is 313 g/mol. The number of nitrogens with one attached hydrogen (secondary N) is 3. The summed E-state index contributed by atoms with van der Waals surface area (Å²) in [5.41, 5.74) is 1.17. The summed E-state index contributed by atoms with van der Waals surface area (Å²) in [5.74, 6) is -0.833. The number of benzene rings is 2. The van der Waals surface area contributed by atoms with Crippen LogP contribution in [0.1, 0.15) is 10.4 Å². The van der Waals surface area contributed by atoms with Gasteiger partial charge in [-0.1, -0.05) is 12.1 Å². The largest absolute Gasteiger partial charge is 0.383 e. The number of ether oxygens (including phenoxy) is 1. The van der Waals surface area contributed by atoms with Gasteiger partial charge in [0.2, 0.25) is 0 Å². The number of carbonyl (C=O) groups is 2. The van der Waals surface area contributed by atoms with Gasteiger partial charge in [0, 0.05) is 30.6 Å². The van der Waals surface area contributed by atoms with E-state index < -0.39 is 17.8 Å². The van der Waals surface area contributed by atoms with Crippen molar-refractivity contribution in [3.63, 3.8) is 0 Å². The van der Waals surface area contributed by atoms with Gasteiger partial charge in [0.15, 0.2) is 0 Å². The Morgan fingerprint density at radius 3 is 2.46 bits per heavy atom. The molecule has 0 aromatic heterocycles. The van der Waals surface area contributed by atoms with Crippen LogP contribution < -0.4 is 16.0 Å². The van der Waals surface area contributed by atoms with Crippen LogP contribution in [0.15, 0.2) is 48.5 Å². The van der Waals surface area contributed by atoms with E-state index in [1.807, 2.05) is 0 Å². The molecule has 24 heavy (non-hydrogen) atoms. The number of rotatable bonds is 6. The van der Waals surface area contributed by atoms with Crippen LogP contribution in [0.25, 0.3) is 0 Å². The average Bonchev–Trinajstić information content (AvgIpc) is 2.55. The molecule has 126 valence electrons. The predicted molar refractivity (Wildman–Crippen MR) is 89.7 cm³/mol. The van der Waals surface area contributed by atoms with Gasteiger partial charge in [-0.2, -0.15) is 0 Å². The minimum absolute atomic E-state index is 0.342. The lowest BCUT2D eigenvalue weighted by Gasteiger charge is -2.09. The molecule has 0 aliphatic rings. The first kappa shape index (κ1) is 17.4. The van der Waals surface area contributed by atoms with E-state index >= 15 is 0 Å². The van der Waals surface area contributed by atoms with Crippen molar-refractivity contribution in [2.24, 2.45) is 0 Å². The van der Waals surface area contributed by atoms with E-state index in [4.69, 9.17) is 4.74 Å². The highest BCUT2D eigenvalue weighted by molar-refractivity contribution is 6.05. The molecule has 0 atom stereocenters. The van der Waals surface area contributed by atoms with Crippen molar-refractivity contribution in [1.82, 2.24) is 5.32 Å². The Hall–Kier alpha value is -2.93. The fraction of sp³-hybridized carbons (Fsp3) is 0.176. The van der Waals surface area contributed by atoms with Crippen LogP contribution in [0.2, 0.25) is 0 Å². The van der Waals surface area contributed by atoms with Crippen molar-refractivity contribution in [2.45, 2.75) is 0 Å². The quantitative estimate of drug-likeness (QED) is 0.712. The zero-order valence-corrected chi connectivity index (χ0v) is 13.1. The molecule has 2 aromatic rings. The standard InChI is InChI=1S/C17H18FN3O3/c1-24-9-8-19-17(23)21-14-6-2-4-12(10-14)16(22)20-15-7-3-5-13(18)11-15/h2-7,10-11H,8-9H2,1H3,(H,20,22)(H2,19,21,23). The summed E-state index contributed by atoms with van der Waals surface area (Å²) in [5, 5.41) is 7.83. The van der Waals surface area contributed by atoms with Crippen molar-refractivity contribution in [1.29, 1.82) is 0 Å². The number of halogens is 1. The molecule has 3 N–H and O–H groups in total. The van der Waals surface area contributed by atoms with Crippen molar-refractivity contribution in [3.8, 4) is 0 Å². The Bertz CT molecular complexity index is 722. The van der Waals surface area contributed by atoms with Gasteiger partial charge in [-0.3, -0.25) is 4.79 Å². The second-order valence-corrected chi connectivity index (χ2v) is 4.92. The molecule has 0 bridgehead atoms. The summed E-state index contributed by atoms with van der Waals surface area (Å²) >= 11 is 0. The molecule has 0 unspecified atom stereocenters. The number of urea groups is 1. The molecule has 7 heteroatoms. The summed E-state index contributed by atoms with van der Waals surface area (Å²) in [6, 6.07) is 11.7. The Labute approximate surface area is 139 Å². The van der Waals surface area contributed by atoms with Crippen LogP contribution in [0, 0.1) is 5.82 Å². The third-order valence-electron chi connectivity index (χ3n) is 3.06. The molecule has 0 saturated carbocycles. The molecule has 0 fully saturated rings. The first-order valence-electron chi connectivity index (χ1n) is 7.29. The number of anilines is 2. The Morgan fingerprint density at radius 1 is 1.04 bits per heavy atom. The van der Waals surface area contributed by atoms with Gasteiger partial charge in [0.05, 0.1) is 6.61 Å². The topological polar surface area (TPSA) is 79.5 Å². The molecule has 0 saturated heterocycles. The van der Waals surface area contributed by atoms with E-state index in [-0.39, 0.29) is 0 Å². The number of methoxy groups -OCH3 is 1. The minimum atomic E-state index is -0.434. The maximum Gasteiger partial charge on any atom is 0.319 e. The fourth-order valence-corrected chi connectivity index (χ4v) is 1.95. The molecule has 0 aliphatic heterocycles. The summed E-state index contributed by atoms with van der Waals surface area (Å²) in [7, 11) is 1.54. The zero-order valence-electron chi connectivity index (χ0n) is 13.1. The van der Waals surface area contributed by atoms with Gasteiger partial charge in [0.1, 0.15) is 5.82 Å². The monoisotopic (exact) mass is 331 g/mol. The second-order valence-electron chi connectivity index (χ2n) is 4.92. The van der Waals surface area contributed by atoms with Crippen LogP contribution in [-0.2, 0) is 4.74 Å². The molecule has 0 spiro atoms. The molecule has 2 rings (SSSR count). The lowest BCUT2D eigenvalue weighted by molar-refractivity contribution is 0.102. The summed E-state index contributed by atoms with van der Waals surface area (Å²) < 4.78 is 18.0. The van der Waals surface area contributed by atoms with Crippen LogP contribution in [0.3, 0.4) is 0 Å². The molecule has 6 nitrogen and oxygen atoms in total. The van der Waals surface area contributed by atoms with Gasteiger partial charge < -0.3 is 20.7 Å². The van der Waals surface area contributed by atoms with Crippen molar-refractivity contribution in [2.75, 3.05) is 30.9 Å². The van der Waals surface area contributed by atoms with Crippen molar-refractivity contribution >= 4 is 23.3 Å². The predicted octanol–water partition coefficient (Wildman–Crippen LogP) is 2.85. The Morgan fingerprint density at radius 2 is 1.75 bits per heavy atom. The van der Waals surface area contributed by atoms with E-state index in [2.05, 4.69) is 16.0 Å². The van der Waals surface area contributed by atoms with E-state index in [1.165, 1.54) is 24.3 Å². The second kappa shape index (κ2) is 8.64. The highest BCUT2D eigenvalue weighted by Crippen LogP contribution is 2.14. The van der Waals surface area contributed by atoms with Crippen LogP contribution >= 0.6 is 0 Å². The summed E-state index contributed by atoms with van der Waals surface area (Å²) in [4.78, 5) is 23.9. The lowest BCUT2D eigenvalue weighted by Crippen LogP contribution is -2.31. The summed E-state index contributed by atoms with van der Waals surface area (Å²) in [6.45, 7) is 0.783. The number of amides is 3. The van der Waals surface area contributed by atoms with Gasteiger partial charge in [-0.15, -0.1) is 0 Å². The zero-order chi connectivity index (χ0) is 17.4. The maximum atomic E-state index is 13.1. The first-order valence-corrected chi connectivity index (χ1v) is 7.29. The first-order chi connectivity index (χ1) is 11.6.